The van der Waals surface area contributed by atoms with E-state index in [2.05, 4.69) is 40.7 Å². The second-order valence-corrected chi connectivity index (χ2v) is 10.9. The van der Waals surface area contributed by atoms with Gasteiger partial charge in [0, 0.05) is 41.3 Å². The zero-order valence-electron chi connectivity index (χ0n) is 18.7. The third-order valence-corrected chi connectivity index (χ3v) is 9.36. The molecule has 4 aliphatic rings. The first-order chi connectivity index (χ1) is 13.7. The number of ether oxygens (including phenoxy) is 2. The third kappa shape index (κ3) is 2.38. The summed E-state index contributed by atoms with van der Waals surface area (Å²) in [4.78, 5) is 14.4. The van der Waals surface area contributed by atoms with Crippen molar-refractivity contribution in [2.24, 2.45) is 22.7 Å². The predicted molar refractivity (Wildman–Crippen MR) is 113 cm³/mol. The molecule has 0 spiro atoms. The number of nitrogens with zero attached hydrogens (tertiary/aromatic N) is 1. The minimum Gasteiger partial charge on any atom is -0.486 e. The quantitative estimate of drug-likeness (QED) is 0.670. The van der Waals surface area contributed by atoms with Crippen molar-refractivity contribution in [1.29, 1.82) is 0 Å². The van der Waals surface area contributed by atoms with Crippen LogP contribution >= 0.6 is 0 Å². The van der Waals surface area contributed by atoms with Crippen LogP contribution in [-0.4, -0.2) is 35.7 Å². The molecule has 6 atom stereocenters. The molecule has 0 radical (unpaired) electrons. The average Bonchev–Trinajstić information content (AvgIpc) is 3.40. The fourth-order valence-electron chi connectivity index (χ4n) is 7.19. The molecule has 2 aliphatic carbocycles. The van der Waals surface area contributed by atoms with E-state index in [4.69, 9.17) is 9.47 Å². The van der Waals surface area contributed by atoms with Gasteiger partial charge < -0.3 is 14.4 Å². The van der Waals surface area contributed by atoms with Crippen LogP contribution in [0.25, 0.3) is 0 Å². The molecule has 1 aromatic rings. The molecule has 1 saturated heterocycles. The van der Waals surface area contributed by atoms with E-state index in [1.807, 2.05) is 19.2 Å². The Kier molecular flexibility index (Phi) is 4.01. The molecule has 3 fully saturated rings. The SMILES string of the molecule is CCC1(C)C(C)CCC2C(C)(C)C3OC3CC21Oc1cccc2c1CN(C)C2=O. The largest absolute Gasteiger partial charge is 0.486 e. The van der Waals surface area contributed by atoms with Gasteiger partial charge in [-0.2, -0.15) is 0 Å². The summed E-state index contributed by atoms with van der Waals surface area (Å²) in [5.41, 5.74) is 1.77. The van der Waals surface area contributed by atoms with Crippen molar-refractivity contribution in [3.05, 3.63) is 29.3 Å². The lowest BCUT2D eigenvalue weighted by Gasteiger charge is -2.63. The minimum absolute atomic E-state index is 0.0708. The van der Waals surface area contributed by atoms with Crippen LogP contribution in [0, 0.1) is 22.7 Å². The number of carbonyl (C=O) groups excluding carboxylic acids is 1. The maximum absolute atomic E-state index is 12.6. The highest BCUT2D eigenvalue weighted by Crippen LogP contribution is 2.67. The van der Waals surface area contributed by atoms with Crippen LogP contribution in [-0.2, 0) is 11.3 Å². The van der Waals surface area contributed by atoms with Gasteiger partial charge in [0.1, 0.15) is 11.4 Å². The molecule has 0 N–H and O–H groups in total. The molecule has 1 aromatic carbocycles. The number of hydrogen-bond donors (Lipinski definition) is 0. The predicted octanol–water partition coefficient (Wildman–Crippen LogP) is 5.05. The smallest absolute Gasteiger partial charge is 0.254 e. The molecule has 29 heavy (non-hydrogen) atoms. The molecule has 0 aromatic heterocycles. The van der Waals surface area contributed by atoms with Crippen molar-refractivity contribution >= 4 is 5.91 Å². The van der Waals surface area contributed by atoms with Crippen LogP contribution in [0.1, 0.15) is 76.2 Å². The molecule has 2 heterocycles. The standard InChI is InChI=1S/C25H35NO3/c1-7-24(5)15(2)11-12-20-23(3,4)21-19(28-21)13-25(20,24)29-18-10-8-9-16-17(18)14-26(6)22(16)27/h8-10,15,19-21H,7,11-14H2,1-6H3. The number of rotatable bonds is 3. The Morgan fingerprint density at radius 3 is 2.72 bits per heavy atom. The highest BCUT2D eigenvalue weighted by molar-refractivity contribution is 5.98. The van der Waals surface area contributed by atoms with Crippen molar-refractivity contribution in [3.63, 3.8) is 0 Å². The maximum atomic E-state index is 12.6. The first kappa shape index (κ1) is 19.4. The Hall–Kier alpha value is -1.55. The first-order valence-electron chi connectivity index (χ1n) is 11.4. The summed E-state index contributed by atoms with van der Waals surface area (Å²) in [6.45, 7) is 12.6. The van der Waals surface area contributed by atoms with Crippen LogP contribution < -0.4 is 4.74 Å². The van der Waals surface area contributed by atoms with Crippen LogP contribution in [0.4, 0.5) is 0 Å². The molecule has 5 rings (SSSR count). The second kappa shape index (κ2) is 6.00. The van der Waals surface area contributed by atoms with Gasteiger partial charge in [0.05, 0.1) is 18.8 Å². The monoisotopic (exact) mass is 397 g/mol. The van der Waals surface area contributed by atoms with E-state index >= 15 is 0 Å². The summed E-state index contributed by atoms with van der Waals surface area (Å²) in [5.74, 6) is 2.06. The maximum Gasteiger partial charge on any atom is 0.254 e. The summed E-state index contributed by atoms with van der Waals surface area (Å²) in [7, 11) is 1.87. The number of epoxide rings is 1. The van der Waals surface area contributed by atoms with Crippen LogP contribution in [0.5, 0.6) is 5.75 Å². The van der Waals surface area contributed by atoms with Gasteiger partial charge in [0.15, 0.2) is 0 Å². The summed E-state index contributed by atoms with van der Waals surface area (Å²) >= 11 is 0. The molecule has 2 aliphatic heterocycles. The van der Waals surface area contributed by atoms with Gasteiger partial charge in [-0.15, -0.1) is 0 Å². The van der Waals surface area contributed by atoms with Gasteiger partial charge in [-0.3, -0.25) is 4.79 Å². The van der Waals surface area contributed by atoms with E-state index in [1.165, 1.54) is 12.8 Å². The number of amides is 1. The van der Waals surface area contributed by atoms with Crippen molar-refractivity contribution in [2.75, 3.05) is 7.05 Å². The molecule has 6 unspecified atom stereocenters. The Balaban J connectivity index is 1.65. The molecular formula is C25H35NO3. The molecule has 0 bridgehead atoms. The average molecular weight is 398 g/mol. The zero-order valence-corrected chi connectivity index (χ0v) is 18.7. The van der Waals surface area contributed by atoms with Gasteiger partial charge >= 0.3 is 0 Å². The van der Waals surface area contributed by atoms with E-state index in [-0.39, 0.29) is 22.3 Å². The van der Waals surface area contributed by atoms with Gasteiger partial charge in [0.25, 0.3) is 5.91 Å². The number of carbonyl (C=O) groups is 1. The summed E-state index contributed by atoms with van der Waals surface area (Å²) in [6, 6.07) is 6.01. The lowest BCUT2D eigenvalue weighted by Crippen LogP contribution is -2.67. The normalized spacial score (nSPS) is 42.1. The fourth-order valence-corrected chi connectivity index (χ4v) is 7.19. The van der Waals surface area contributed by atoms with Crippen molar-refractivity contribution in [2.45, 2.75) is 84.7 Å². The zero-order chi connectivity index (χ0) is 20.8. The number of fused-ring (bicyclic) bond motifs is 3. The van der Waals surface area contributed by atoms with Crippen molar-refractivity contribution in [1.82, 2.24) is 4.90 Å². The van der Waals surface area contributed by atoms with E-state index < -0.39 is 0 Å². The fraction of sp³-hybridized carbons (Fsp3) is 0.720. The highest BCUT2D eigenvalue weighted by atomic mass is 16.6. The Morgan fingerprint density at radius 2 is 2.00 bits per heavy atom. The van der Waals surface area contributed by atoms with Crippen LogP contribution in [0.15, 0.2) is 18.2 Å². The van der Waals surface area contributed by atoms with Gasteiger partial charge in [-0.1, -0.05) is 40.7 Å². The van der Waals surface area contributed by atoms with Gasteiger partial charge in [-0.05, 0) is 37.3 Å². The molecule has 158 valence electrons. The lowest BCUT2D eigenvalue weighted by atomic mass is 9.45. The lowest BCUT2D eigenvalue weighted by molar-refractivity contribution is -0.195. The molecule has 2 saturated carbocycles. The van der Waals surface area contributed by atoms with Crippen molar-refractivity contribution in [3.8, 4) is 5.75 Å². The van der Waals surface area contributed by atoms with E-state index in [0.717, 1.165) is 29.7 Å². The topological polar surface area (TPSA) is 42.1 Å². The van der Waals surface area contributed by atoms with Crippen LogP contribution in [0.2, 0.25) is 0 Å². The first-order valence-corrected chi connectivity index (χ1v) is 11.4. The van der Waals surface area contributed by atoms with E-state index in [1.54, 1.807) is 4.90 Å². The van der Waals surface area contributed by atoms with Crippen molar-refractivity contribution < 1.29 is 14.3 Å². The molecule has 4 heteroatoms. The van der Waals surface area contributed by atoms with E-state index in [0.29, 0.717) is 30.6 Å². The Bertz CT molecular complexity index is 864. The summed E-state index contributed by atoms with van der Waals surface area (Å²) in [6.07, 6.45) is 5.16. The molecular weight excluding hydrogens is 362 g/mol. The third-order valence-electron chi connectivity index (χ3n) is 9.36. The second-order valence-electron chi connectivity index (χ2n) is 10.9. The van der Waals surface area contributed by atoms with Crippen LogP contribution in [0.3, 0.4) is 0 Å². The molecule has 4 nitrogen and oxygen atoms in total. The number of hydrogen-bond acceptors (Lipinski definition) is 3. The molecule has 1 amide bonds. The minimum atomic E-state index is -0.264. The Morgan fingerprint density at radius 1 is 1.24 bits per heavy atom. The van der Waals surface area contributed by atoms with Gasteiger partial charge in [0.2, 0.25) is 0 Å². The highest BCUT2D eigenvalue weighted by Gasteiger charge is 2.72. The summed E-state index contributed by atoms with van der Waals surface area (Å²) in [5, 5.41) is 0. The van der Waals surface area contributed by atoms with Gasteiger partial charge in [-0.25, -0.2) is 0 Å². The van der Waals surface area contributed by atoms with E-state index in [9.17, 15) is 4.79 Å². The summed E-state index contributed by atoms with van der Waals surface area (Å²) < 4.78 is 13.4. The Labute approximate surface area is 174 Å². The number of benzene rings is 1.